The Hall–Kier alpha value is -1.80. The number of hydrogen-bond donors (Lipinski definition) is 2. The minimum absolute atomic E-state index is 0.0283. The lowest BCUT2D eigenvalue weighted by atomic mass is 10.3. The molecule has 2 rings (SSSR count). The maximum absolute atomic E-state index is 13.7. The highest BCUT2D eigenvalue weighted by Crippen LogP contribution is 2.27. The van der Waals surface area contributed by atoms with Crippen molar-refractivity contribution in [2.45, 2.75) is 11.8 Å². The van der Waals surface area contributed by atoms with E-state index in [-0.39, 0.29) is 16.6 Å². The van der Waals surface area contributed by atoms with Crippen LogP contribution in [-0.4, -0.2) is 13.6 Å². The Kier molecular flexibility index (Phi) is 3.38. The second-order valence-corrected chi connectivity index (χ2v) is 5.81. The van der Waals surface area contributed by atoms with E-state index in [9.17, 15) is 12.8 Å². The van der Waals surface area contributed by atoms with E-state index in [1.54, 1.807) is 6.92 Å². The van der Waals surface area contributed by atoms with Crippen LogP contribution in [0, 0.1) is 12.7 Å². The molecule has 0 saturated heterocycles. The van der Waals surface area contributed by atoms with Crippen LogP contribution >= 0.6 is 11.6 Å². The van der Waals surface area contributed by atoms with E-state index >= 15 is 0 Å². The monoisotopic (exact) mass is 305 g/mol. The molecule has 0 fully saturated rings. The number of rotatable bonds is 3. The van der Waals surface area contributed by atoms with Crippen molar-refractivity contribution >= 4 is 33.2 Å². The zero-order valence-corrected chi connectivity index (χ0v) is 11.2. The number of nitrogen functional groups attached to an aromatic ring is 1. The zero-order chi connectivity index (χ0) is 14.2. The van der Waals surface area contributed by atoms with E-state index in [0.717, 1.165) is 12.1 Å². The zero-order valence-electron chi connectivity index (χ0n) is 9.65. The Morgan fingerprint density at radius 1 is 1.42 bits per heavy atom. The average molecular weight is 306 g/mol. The molecule has 1 aromatic carbocycles. The van der Waals surface area contributed by atoms with Gasteiger partial charge in [-0.05, 0) is 19.1 Å². The first-order chi connectivity index (χ1) is 8.79. The summed E-state index contributed by atoms with van der Waals surface area (Å²) in [4.78, 5) is -0.661. The smallest absolute Gasteiger partial charge is 0.267 e. The van der Waals surface area contributed by atoms with Crippen molar-refractivity contribution in [3.8, 4) is 0 Å². The summed E-state index contributed by atoms with van der Waals surface area (Å²) in [6, 6.07) is 3.44. The minimum atomic E-state index is -4.20. The molecule has 2 aromatic rings. The maximum Gasteiger partial charge on any atom is 0.267 e. The first-order valence-corrected chi connectivity index (χ1v) is 6.86. The molecule has 6 nitrogen and oxygen atoms in total. The Morgan fingerprint density at radius 2 is 2.11 bits per heavy atom. The number of halogens is 2. The van der Waals surface area contributed by atoms with Crippen LogP contribution in [0.5, 0.6) is 0 Å². The van der Waals surface area contributed by atoms with Crippen LogP contribution in [0.3, 0.4) is 0 Å². The summed E-state index contributed by atoms with van der Waals surface area (Å²) in [6.45, 7) is 1.61. The first kappa shape index (κ1) is 13.6. The van der Waals surface area contributed by atoms with Crippen molar-refractivity contribution in [3.63, 3.8) is 0 Å². The fourth-order valence-corrected chi connectivity index (χ4v) is 2.77. The summed E-state index contributed by atoms with van der Waals surface area (Å²) in [5.74, 6) is -1.21. The van der Waals surface area contributed by atoms with Gasteiger partial charge in [-0.1, -0.05) is 16.8 Å². The van der Waals surface area contributed by atoms with Crippen molar-refractivity contribution in [1.82, 2.24) is 5.16 Å². The number of nitrogens with two attached hydrogens (primary N) is 1. The molecule has 0 atom stereocenters. The Labute approximate surface area is 113 Å². The second kappa shape index (κ2) is 4.71. The third-order valence-corrected chi connectivity index (χ3v) is 3.79. The highest BCUT2D eigenvalue weighted by Gasteiger charge is 2.23. The highest BCUT2D eigenvalue weighted by molar-refractivity contribution is 7.92. The molecule has 0 amide bonds. The molecule has 102 valence electrons. The average Bonchev–Trinajstić information content (AvgIpc) is 2.68. The third-order valence-electron chi connectivity index (χ3n) is 2.17. The van der Waals surface area contributed by atoms with Gasteiger partial charge in [-0.3, -0.25) is 0 Å². The lowest BCUT2D eigenvalue weighted by Crippen LogP contribution is -2.14. The van der Waals surface area contributed by atoms with Crippen LogP contribution in [0.2, 0.25) is 5.02 Å². The molecule has 0 radical (unpaired) electrons. The van der Waals surface area contributed by atoms with Gasteiger partial charge in [0.15, 0.2) is 5.82 Å². The van der Waals surface area contributed by atoms with Gasteiger partial charge < -0.3 is 10.3 Å². The van der Waals surface area contributed by atoms with Crippen LogP contribution in [0.4, 0.5) is 16.0 Å². The second-order valence-electron chi connectivity index (χ2n) is 3.75. The molecule has 0 aliphatic rings. The summed E-state index contributed by atoms with van der Waals surface area (Å²) in [5.41, 5.74) is 5.95. The van der Waals surface area contributed by atoms with Crippen LogP contribution in [0.1, 0.15) is 5.69 Å². The first-order valence-electron chi connectivity index (χ1n) is 5.00. The summed E-state index contributed by atoms with van der Waals surface area (Å²) >= 11 is 5.55. The number of hydrogen-bond acceptors (Lipinski definition) is 5. The van der Waals surface area contributed by atoms with Crippen LogP contribution in [0.25, 0.3) is 0 Å². The lowest BCUT2D eigenvalue weighted by molar-refractivity contribution is 0.430. The van der Waals surface area contributed by atoms with E-state index in [4.69, 9.17) is 21.9 Å². The van der Waals surface area contributed by atoms with Crippen LogP contribution < -0.4 is 10.5 Å². The molecular weight excluding hydrogens is 297 g/mol. The largest absolute Gasteiger partial charge is 0.399 e. The Morgan fingerprint density at radius 3 is 2.68 bits per heavy atom. The number of sulfonamides is 1. The van der Waals surface area contributed by atoms with E-state index < -0.39 is 20.7 Å². The molecule has 19 heavy (non-hydrogen) atoms. The molecule has 0 unspecified atom stereocenters. The molecule has 0 spiro atoms. The molecule has 0 aliphatic heterocycles. The van der Waals surface area contributed by atoms with E-state index in [1.807, 2.05) is 4.72 Å². The molecular formula is C10H9ClFN3O3S. The van der Waals surface area contributed by atoms with Gasteiger partial charge in [0.2, 0.25) is 5.88 Å². The number of aromatic nitrogens is 1. The molecule has 0 aliphatic carbocycles. The Bertz CT molecular complexity index is 730. The van der Waals surface area contributed by atoms with E-state index in [1.165, 1.54) is 6.07 Å². The van der Waals surface area contributed by atoms with Gasteiger partial charge in [-0.25, -0.2) is 17.5 Å². The summed E-state index contributed by atoms with van der Waals surface area (Å²) in [5, 5.41) is 3.13. The molecule has 1 heterocycles. The SMILES string of the molecule is Cc1cc(NS(=O)(=O)c2cc(N)cc(Cl)c2F)on1. The van der Waals surface area contributed by atoms with Crippen molar-refractivity contribution < 1.29 is 17.3 Å². The fourth-order valence-electron chi connectivity index (χ4n) is 1.38. The fraction of sp³-hybridized carbons (Fsp3) is 0.100. The summed E-state index contributed by atoms with van der Waals surface area (Å²) in [6.07, 6.45) is 0. The number of aryl methyl sites for hydroxylation is 1. The Balaban J connectivity index is 2.45. The number of nitrogens with one attached hydrogen (secondary N) is 1. The van der Waals surface area contributed by atoms with Crippen LogP contribution in [-0.2, 0) is 10.0 Å². The minimum Gasteiger partial charge on any atom is -0.399 e. The number of benzene rings is 1. The normalized spacial score (nSPS) is 11.5. The summed E-state index contributed by atoms with van der Waals surface area (Å²) in [7, 11) is -4.20. The van der Waals surface area contributed by atoms with Gasteiger partial charge in [0.1, 0.15) is 4.90 Å². The topological polar surface area (TPSA) is 98.2 Å². The van der Waals surface area contributed by atoms with Gasteiger partial charge in [-0.15, -0.1) is 0 Å². The summed E-state index contributed by atoms with van der Waals surface area (Å²) < 4.78 is 44.4. The molecule has 3 N–H and O–H groups in total. The van der Waals surface area contributed by atoms with Gasteiger partial charge in [0, 0.05) is 11.8 Å². The van der Waals surface area contributed by atoms with Gasteiger partial charge in [0.25, 0.3) is 10.0 Å². The van der Waals surface area contributed by atoms with Crippen LogP contribution in [0.15, 0.2) is 27.6 Å². The lowest BCUT2D eigenvalue weighted by Gasteiger charge is -2.08. The van der Waals surface area contributed by atoms with E-state index in [0.29, 0.717) is 5.69 Å². The number of anilines is 2. The van der Waals surface area contributed by atoms with Gasteiger partial charge in [-0.2, -0.15) is 0 Å². The molecule has 0 bridgehead atoms. The predicted molar refractivity (Wildman–Crippen MR) is 67.9 cm³/mol. The standard InChI is InChI=1S/C10H9ClFN3O3S/c1-5-2-9(18-14-5)15-19(16,17)8-4-6(13)3-7(11)10(8)12/h2-4,15H,13H2,1H3. The predicted octanol–water partition coefficient (Wildman–Crippen LogP) is 2.16. The van der Waals surface area contributed by atoms with E-state index in [2.05, 4.69) is 5.16 Å². The van der Waals surface area contributed by atoms with Gasteiger partial charge in [0.05, 0.1) is 10.7 Å². The number of nitrogens with zero attached hydrogens (tertiary/aromatic N) is 1. The quantitative estimate of drug-likeness (QED) is 0.847. The van der Waals surface area contributed by atoms with Crippen molar-refractivity contribution in [2.75, 3.05) is 10.5 Å². The van der Waals surface area contributed by atoms with Crippen molar-refractivity contribution in [3.05, 3.63) is 34.7 Å². The van der Waals surface area contributed by atoms with Crippen molar-refractivity contribution in [2.24, 2.45) is 0 Å². The third kappa shape index (κ3) is 2.79. The molecule has 0 saturated carbocycles. The molecule has 1 aromatic heterocycles. The molecule has 9 heteroatoms. The van der Waals surface area contributed by atoms with Gasteiger partial charge >= 0.3 is 0 Å². The van der Waals surface area contributed by atoms with Crippen molar-refractivity contribution in [1.29, 1.82) is 0 Å². The highest BCUT2D eigenvalue weighted by atomic mass is 35.5. The maximum atomic E-state index is 13.7.